The molecule has 1 heterocycles. The van der Waals surface area contributed by atoms with Gasteiger partial charge in [0.25, 0.3) is 5.91 Å². The summed E-state index contributed by atoms with van der Waals surface area (Å²) in [6, 6.07) is 14.1. The van der Waals surface area contributed by atoms with Gasteiger partial charge in [0.1, 0.15) is 4.32 Å². The molecular weight excluding hydrogens is 398 g/mol. The number of methoxy groups -OCH3 is 1. The predicted octanol–water partition coefficient (Wildman–Crippen LogP) is 4.66. The number of nitrogens with one attached hydrogen (secondary N) is 1. The fraction of sp³-hybridized carbons (Fsp3) is 0.200. The first-order valence-electron chi connectivity index (χ1n) is 8.30. The highest BCUT2D eigenvalue weighted by Crippen LogP contribution is 2.31. The first-order valence-corrected chi connectivity index (χ1v) is 10.5. The number of thiocarbonyl (C=S) groups is 1. The summed E-state index contributed by atoms with van der Waals surface area (Å²) < 4.78 is 11.8. The largest absolute Gasteiger partial charge is 0.493 e. The topological polar surface area (TPSA) is 47.6 Å². The molecule has 1 fully saturated rings. The van der Waals surface area contributed by atoms with E-state index in [1.807, 2.05) is 18.2 Å². The van der Waals surface area contributed by atoms with Gasteiger partial charge in [-0.05, 0) is 42.8 Å². The van der Waals surface area contributed by atoms with Crippen molar-refractivity contribution in [3.8, 4) is 11.5 Å². The molecule has 4 nitrogen and oxygen atoms in total. The monoisotopic (exact) mass is 417 g/mol. The van der Waals surface area contributed by atoms with E-state index in [1.165, 1.54) is 22.2 Å². The average molecular weight is 418 g/mol. The maximum atomic E-state index is 11.8. The van der Waals surface area contributed by atoms with Crippen LogP contribution < -0.4 is 14.8 Å². The Bertz CT molecular complexity index is 879. The molecule has 1 saturated heterocycles. The summed E-state index contributed by atoms with van der Waals surface area (Å²) in [4.78, 5) is 13.6. The number of amides is 1. The van der Waals surface area contributed by atoms with Crippen LogP contribution in [0.15, 0.2) is 52.3 Å². The van der Waals surface area contributed by atoms with Crippen molar-refractivity contribution in [2.24, 2.45) is 0 Å². The Kier molecular flexibility index (Phi) is 6.82. The molecule has 0 spiro atoms. The van der Waals surface area contributed by atoms with Crippen molar-refractivity contribution in [1.29, 1.82) is 0 Å². The summed E-state index contributed by atoms with van der Waals surface area (Å²) in [6.07, 6.45) is 1.79. The second-order valence-electron chi connectivity index (χ2n) is 5.77. The third kappa shape index (κ3) is 5.51. The van der Waals surface area contributed by atoms with E-state index in [-0.39, 0.29) is 5.91 Å². The molecule has 2 aromatic carbocycles. The van der Waals surface area contributed by atoms with Gasteiger partial charge in [0.05, 0.1) is 18.6 Å². The van der Waals surface area contributed by atoms with Crippen LogP contribution in [0.5, 0.6) is 11.5 Å². The lowest BCUT2D eigenvalue weighted by Crippen LogP contribution is -2.17. The Labute approximate surface area is 172 Å². The van der Waals surface area contributed by atoms with Gasteiger partial charge < -0.3 is 14.8 Å². The van der Waals surface area contributed by atoms with Crippen molar-refractivity contribution < 1.29 is 14.3 Å². The van der Waals surface area contributed by atoms with Crippen LogP contribution in [-0.4, -0.2) is 29.7 Å². The molecule has 140 valence electrons. The number of hydrogen-bond acceptors (Lipinski definition) is 6. The highest BCUT2D eigenvalue weighted by atomic mass is 32.2. The minimum atomic E-state index is -0.169. The number of ether oxygens (including phenoxy) is 2. The van der Waals surface area contributed by atoms with Gasteiger partial charge in [-0.2, -0.15) is 0 Å². The van der Waals surface area contributed by atoms with Gasteiger partial charge in [-0.25, -0.2) is 0 Å². The molecule has 0 unspecified atom stereocenters. The van der Waals surface area contributed by atoms with Crippen LogP contribution in [0, 0.1) is 6.92 Å². The van der Waals surface area contributed by atoms with E-state index in [9.17, 15) is 4.79 Å². The maximum Gasteiger partial charge on any atom is 0.263 e. The van der Waals surface area contributed by atoms with E-state index in [4.69, 9.17) is 21.7 Å². The van der Waals surface area contributed by atoms with E-state index in [0.29, 0.717) is 27.3 Å². The minimum Gasteiger partial charge on any atom is -0.493 e. The molecule has 27 heavy (non-hydrogen) atoms. The molecule has 1 aliphatic rings. The van der Waals surface area contributed by atoms with Crippen molar-refractivity contribution in [1.82, 2.24) is 5.32 Å². The third-order valence-corrected chi connectivity index (χ3v) is 5.90. The first kappa shape index (κ1) is 19.8. The molecule has 1 aliphatic heterocycles. The molecule has 7 heteroatoms. The van der Waals surface area contributed by atoms with Crippen molar-refractivity contribution >= 4 is 52.0 Å². The Morgan fingerprint density at radius 1 is 1.19 bits per heavy atom. The highest BCUT2D eigenvalue weighted by Gasteiger charge is 2.22. The summed E-state index contributed by atoms with van der Waals surface area (Å²) in [5.74, 6) is 1.99. The van der Waals surface area contributed by atoms with Crippen LogP contribution in [0.4, 0.5) is 0 Å². The van der Waals surface area contributed by atoms with Crippen LogP contribution in [0.25, 0.3) is 6.08 Å². The summed E-state index contributed by atoms with van der Waals surface area (Å²) >= 11 is 8.01. The lowest BCUT2D eigenvalue weighted by Gasteiger charge is -2.11. The molecule has 1 amide bonds. The molecule has 0 radical (unpaired) electrons. The second kappa shape index (κ2) is 9.30. The molecule has 0 aliphatic carbocycles. The normalized spacial score (nSPS) is 15.1. The van der Waals surface area contributed by atoms with Crippen LogP contribution in [0.3, 0.4) is 0 Å². The van der Waals surface area contributed by atoms with Crippen LogP contribution in [0.2, 0.25) is 0 Å². The van der Waals surface area contributed by atoms with Crippen LogP contribution in [0.1, 0.15) is 11.1 Å². The van der Waals surface area contributed by atoms with Crippen molar-refractivity contribution in [3.05, 3.63) is 58.5 Å². The standard InChI is InChI=1S/C20H19NO3S3/c1-13-3-6-15(7-4-13)26-10-9-24-16-8-5-14(11-17(16)23-2)12-18-19(22)21-20(25)27-18/h3-8,11-12H,9-10H2,1-2H3,(H,21,22,25). The maximum absolute atomic E-state index is 11.8. The molecule has 0 bridgehead atoms. The number of benzene rings is 2. The number of hydrogen-bond donors (Lipinski definition) is 1. The van der Waals surface area contributed by atoms with Crippen LogP contribution in [-0.2, 0) is 4.79 Å². The Morgan fingerprint density at radius 2 is 1.96 bits per heavy atom. The number of carbonyl (C=O) groups excluding carboxylic acids is 1. The molecule has 0 aromatic heterocycles. The number of aryl methyl sites for hydroxylation is 1. The average Bonchev–Trinajstić information content (AvgIpc) is 2.98. The zero-order valence-electron chi connectivity index (χ0n) is 15.0. The Balaban J connectivity index is 1.59. The van der Waals surface area contributed by atoms with Gasteiger partial charge in [-0.1, -0.05) is 47.7 Å². The number of carbonyl (C=O) groups is 1. The molecule has 1 N–H and O–H groups in total. The van der Waals surface area contributed by atoms with Gasteiger partial charge in [0, 0.05) is 10.6 Å². The SMILES string of the molecule is COc1cc(C=C2SC(=S)NC2=O)ccc1OCCSc1ccc(C)cc1. The zero-order chi connectivity index (χ0) is 19.2. The zero-order valence-corrected chi connectivity index (χ0v) is 17.4. The van der Waals surface area contributed by atoms with Gasteiger partial charge in [-0.3, -0.25) is 4.79 Å². The van der Waals surface area contributed by atoms with E-state index in [1.54, 1.807) is 24.9 Å². The smallest absolute Gasteiger partial charge is 0.263 e. The van der Waals surface area contributed by atoms with Crippen molar-refractivity contribution in [2.45, 2.75) is 11.8 Å². The fourth-order valence-electron chi connectivity index (χ4n) is 2.41. The van der Waals surface area contributed by atoms with Gasteiger partial charge >= 0.3 is 0 Å². The van der Waals surface area contributed by atoms with Crippen molar-refractivity contribution in [2.75, 3.05) is 19.5 Å². The second-order valence-corrected chi connectivity index (χ2v) is 8.66. The lowest BCUT2D eigenvalue weighted by atomic mass is 10.2. The number of rotatable bonds is 7. The summed E-state index contributed by atoms with van der Waals surface area (Å²) in [5.41, 5.74) is 2.11. The fourth-order valence-corrected chi connectivity index (χ4v) is 4.19. The number of thioether (sulfide) groups is 2. The highest BCUT2D eigenvalue weighted by molar-refractivity contribution is 8.26. The molecular formula is C20H19NO3S3. The molecule has 2 aromatic rings. The Morgan fingerprint density at radius 3 is 2.63 bits per heavy atom. The predicted molar refractivity (Wildman–Crippen MR) is 117 cm³/mol. The molecule has 3 rings (SSSR count). The van der Waals surface area contributed by atoms with E-state index < -0.39 is 0 Å². The first-order chi connectivity index (χ1) is 13.0. The van der Waals surface area contributed by atoms with Gasteiger partial charge in [-0.15, -0.1) is 11.8 Å². The van der Waals surface area contributed by atoms with Crippen molar-refractivity contribution in [3.63, 3.8) is 0 Å². The Hall–Kier alpha value is -1.96. The summed E-state index contributed by atoms with van der Waals surface area (Å²) in [6.45, 7) is 2.65. The van der Waals surface area contributed by atoms with E-state index in [2.05, 4.69) is 36.5 Å². The molecule has 0 saturated carbocycles. The van der Waals surface area contributed by atoms with Gasteiger partial charge in [0.2, 0.25) is 0 Å². The summed E-state index contributed by atoms with van der Waals surface area (Å²) in [7, 11) is 1.60. The quantitative estimate of drug-likeness (QED) is 0.306. The molecule has 0 atom stereocenters. The van der Waals surface area contributed by atoms with E-state index in [0.717, 1.165) is 11.3 Å². The lowest BCUT2D eigenvalue weighted by molar-refractivity contribution is -0.115. The minimum absolute atomic E-state index is 0.169. The summed E-state index contributed by atoms with van der Waals surface area (Å²) in [5, 5.41) is 2.61. The van der Waals surface area contributed by atoms with Crippen LogP contribution >= 0.6 is 35.7 Å². The third-order valence-electron chi connectivity index (χ3n) is 3.76. The van der Waals surface area contributed by atoms with E-state index >= 15 is 0 Å². The van der Waals surface area contributed by atoms with Gasteiger partial charge in [0.15, 0.2) is 11.5 Å².